The molecular formula is C21H24BNO4S. The van der Waals surface area contributed by atoms with Gasteiger partial charge in [0.15, 0.2) is 0 Å². The molecule has 7 heteroatoms. The van der Waals surface area contributed by atoms with Gasteiger partial charge in [0, 0.05) is 29.1 Å². The molecule has 0 spiro atoms. The summed E-state index contributed by atoms with van der Waals surface area (Å²) in [6, 6.07) is 15.9. The van der Waals surface area contributed by atoms with Gasteiger partial charge < -0.3 is 9.31 Å². The quantitative estimate of drug-likeness (QED) is 0.636. The van der Waals surface area contributed by atoms with E-state index in [0.29, 0.717) is 12.1 Å². The third-order valence-corrected chi connectivity index (χ3v) is 7.58. The number of hydrogen-bond donors (Lipinski definition) is 0. The molecular weight excluding hydrogens is 373 g/mol. The highest BCUT2D eigenvalue weighted by molar-refractivity contribution is 7.90. The van der Waals surface area contributed by atoms with Gasteiger partial charge in [-0.15, -0.1) is 0 Å². The number of benzene rings is 2. The Balaban J connectivity index is 1.85. The monoisotopic (exact) mass is 397 g/mol. The molecule has 5 nitrogen and oxygen atoms in total. The van der Waals surface area contributed by atoms with Gasteiger partial charge in [-0.05, 0) is 32.0 Å². The van der Waals surface area contributed by atoms with Crippen LogP contribution in [0.5, 0.6) is 0 Å². The number of hydrogen-bond acceptors (Lipinski definition) is 4. The minimum absolute atomic E-state index is 0.155. The second kappa shape index (κ2) is 6.47. The lowest BCUT2D eigenvalue weighted by molar-refractivity contribution is -0.0936. The maximum Gasteiger partial charge on any atom is 0.496 e. The first-order valence-corrected chi connectivity index (χ1v) is 10.8. The van der Waals surface area contributed by atoms with Crippen LogP contribution in [0.2, 0.25) is 0 Å². The van der Waals surface area contributed by atoms with Crippen molar-refractivity contribution in [3.63, 3.8) is 0 Å². The number of para-hydroxylation sites is 1. The van der Waals surface area contributed by atoms with Gasteiger partial charge in [-0.3, -0.25) is 0 Å². The normalized spacial score (nSPS) is 19.1. The van der Waals surface area contributed by atoms with E-state index in [1.165, 1.54) is 3.97 Å². The fraction of sp³-hybridized carbons (Fsp3) is 0.333. The van der Waals surface area contributed by atoms with Crippen LogP contribution in [-0.2, 0) is 19.3 Å². The van der Waals surface area contributed by atoms with Crippen LogP contribution in [0.1, 0.15) is 27.7 Å². The Morgan fingerprint density at radius 2 is 1.61 bits per heavy atom. The number of nitrogens with zero attached hydrogens (tertiary/aromatic N) is 1. The SMILES string of the molecule is CC1(C)COB(c2cn(S(=O)(=O)c3ccccc3)c3ccccc23)OC1(C)C. The van der Waals surface area contributed by atoms with Gasteiger partial charge in [0.25, 0.3) is 10.0 Å². The number of fused-ring (bicyclic) bond motifs is 1. The topological polar surface area (TPSA) is 57.5 Å². The van der Waals surface area contributed by atoms with Crippen LogP contribution in [0.4, 0.5) is 0 Å². The molecule has 0 atom stereocenters. The second-order valence-electron chi connectivity index (χ2n) is 8.37. The highest BCUT2D eigenvalue weighted by Gasteiger charge is 2.47. The minimum Gasteiger partial charge on any atom is -0.407 e. The van der Waals surface area contributed by atoms with Crippen molar-refractivity contribution in [3.8, 4) is 0 Å². The Morgan fingerprint density at radius 3 is 2.29 bits per heavy atom. The van der Waals surface area contributed by atoms with Crippen molar-refractivity contribution >= 4 is 33.5 Å². The van der Waals surface area contributed by atoms with E-state index < -0.39 is 22.7 Å². The first-order valence-electron chi connectivity index (χ1n) is 9.33. The van der Waals surface area contributed by atoms with Crippen LogP contribution in [0, 0.1) is 5.41 Å². The zero-order valence-electron chi connectivity index (χ0n) is 16.5. The molecule has 146 valence electrons. The summed E-state index contributed by atoms with van der Waals surface area (Å²) in [7, 11) is -4.35. The van der Waals surface area contributed by atoms with Gasteiger partial charge in [0.05, 0.1) is 16.0 Å². The first-order chi connectivity index (χ1) is 13.1. The zero-order chi connectivity index (χ0) is 20.2. The van der Waals surface area contributed by atoms with E-state index in [9.17, 15) is 8.42 Å². The van der Waals surface area contributed by atoms with Gasteiger partial charge in [0.2, 0.25) is 0 Å². The van der Waals surface area contributed by atoms with E-state index in [1.54, 1.807) is 42.6 Å². The Bertz CT molecular complexity index is 1120. The van der Waals surface area contributed by atoms with Crippen molar-refractivity contribution < 1.29 is 17.7 Å². The maximum absolute atomic E-state index is 13.3. The fourth-order valence-electron chi connectivity index (χ4n) is 3.34. The molecule has 0 aliphatic carbocycles. The largest absolute Gasteiger partial charge is 0.496 e. The maximum atomic E-state index is 13.3. The van der Waals surface area contributed by atoms with Gasteiger partial charge in [-0.2, -0.15) is 0 Å². The molecule has 0 radical (unpaired) electrons. The molecule has 0 N–H and O–H groups in total. The Labute approximate surface area is 166 Å². The van der Waals surface area contributed by atoms with E-state index in [4.69, 9.17) is 9.31 Å². The lowest BCUT2D eigenvalue weighted by Gasteiger charge is -2.47. The van der Waals surface area contributed by atoms with Crippen LogP contribution < -0.4 is 5.46 Å². The predicted octanol–water partition coefficient (Wildman–Crippen LogP) is 3.43. The molecule has 1 saturated heterocycles. The van der Waals surface area contributed by atoms with Crippen molar-refractivity contribution in [2.24, 2.45) is 5.41 Å². The average Bonchev–Trinajstić information content (AvgIpc) is 3.05. The van der Waals surface area contributed by atoms with Crippen LogP contribution in [0.3, 0.4) is 0 Å². The molecule has 1 fully saturated rings. The summed E-state index contributed by atoms with van der Waals surface area (Å²) in [6.45, 7) is 8.82. The average molecular weight is 397 g/mol. The molecule has 1 aliphatic heterocycles. The molecule has 0 bridgehead atoms. The molecule has 2 aromatic carbocycles. The van der Waals surface area contributed by atoms with Gasteiger partial charge in [-0.1, -0.05) is 50.2 Å². The summed E-state index contributed by atoms with van der Waals surface area (Å²) >= 11 is 0. The van der Waals surface area contributed by atoms with Crippen LogP contribution >= 0.6 is 0 Å². The number of rotatable bonds is 3. The third-order valence-electron chi connectivity index (χ3n) is 5.89. The third kappa shape index (κ3) is 2.98. The van der Waals surface area contributed by atoms with E-state index in [-0.39, 0.29) is 10.3 Å². The molecule has 1 aromatic heterocycles. The summed E-state index contributed by atoms with van der Waals surface area (Å²) in [4.78, 5) is 0.245. The van der Waals surface area contributed by atoms with Crippen molar-refractivity contribution in [1.82, 2.24) is 3.97 Å². The number of aromatic nitrogens is 1. The second-order valence-corrected chi connectivity index (χ2v) is 10.2. The van der Waals surface area contributed by atoms with E-state index in [1.807, 2.05) is 32.0 Å². The smallest absolute Gasteiger partial charge is 0.407 e. The van der Waals surface area contributed by atoms with Gasteiger partial charge >= 0.3 is 7.12 Å². The Hall–Kier alpha value is -2.09. The molecule has 0 saturated carbocycles. The molecule has 1 aliphatic rings. The van der Waals surface area contributed by atoms with Crippen LogP contribution in [0.25, 0.3) is 10.9 Å². The Kier molecular flexibility index (Phi) is 4.45. The highest BCUT2D eigenvalue weighted by Crippen LogP contribution is 2.38. The van der Waals surface area contributed by atoms with Crippen molar-refractivity contribution in [2.45, 2.75) is 38.2 Å². The molecule has 0 unspecified atom stereocenters. The van der Waals surface area contributed by atoms with E-state index in [0.717, 1.165) is 10.8 Å². The van der Waals surface area contributed by atoms with Gasteiger partial charge in [-0.25, -0.2) is 12.4 Å². The summed E-state index contributed by atoms with van der Waals surface area (Å²) in [5.74, 6) is 0. The van der Waals surface area contributed by atoms with Gasteiger partial charge in [0.1, 0.15) is 0 Å². The standard InChI is InChI=1S/C21H24BNO4S/c1-20(2)15-26-22(27-21(20,3)4)18-14-23(19-13-9-8-12-17(18)19)28(24,25)16-10-6-5-7-11-16/h5-14H,15H2,1-4H3. The lowest BCUT2D eigenvalue weighted by Crippen LogP contribution is -2.58. The van der Waals surface area contributed by atoms with E-state index >= 15 is 0 Å². The summed E-state index contributed by atoms with van der Waals surface area (Å²) < 4.78 is 40.1. The van der Waals surface area contributed by atoms with E-state index in [2.05, 4.69) is 13.8 Å². The van der Waals surface area contributed by atoms with Crippen molar-refractivity contribution in [1.29, 1.82) is 0 Å². The summed E-state index contributed by atoms with van der Waals surface area (Å²) in [5.41, 5.74) is 0.755. The predicted molar refractivity (Wildman–Crippen MR) is 111 cm³/mol. The summed E-state index contributed by atoms with van der Waals surface area (Å²) in [5, 5.41) is 0.808. The molecule has 2 heterocycles. The minimum atomic E-state index is -3.73. The molecule has 28 heavy (non-hydrogen) atoms. The first kappa shape index (κ1) is 19.2. The summed E-state index contributed by atoms with van der Waals surface area (Å²) in [6.07, 6.45) is 1.63. The molecule has 3 aromatic rings. The molecule has 0 amide bonds. The van der Waals surface area contributed by atoms with Crippen LogP contribution in [-0.4, -0.2) is 31.7 Å². The molecule has 4 rings (SSSR count). The van der Waals surface area contributed by atoms with Crippen molar-refractivity contribution in [3.05, 3.63) is 60.8 Å². The van der Waals surface area contributed by atoms with Crippen LogP contribution in [0.15, 0.2) is 65.7 Å². The Morgan fingerprint density at radius 1 is 0.964 bits per heavy atom. The highest BCUT2D eigenvalue weighted by atomic mass is 32.2. The lowest BCUT2D eigenvalue weighted by atomic mass is 9.69. The zero-order valence-corrected chi connectivity index (χ0v) is 17.4. The fourth-order valence-corrected chi connectivity index (χ4v) is 4.74. The van der Waals surface area contributed by atoms with Crippen molar-refractivity contribution in [2.75, 3.05) is 6.61 Å².